The molecule has 0 radical (unpaired) electrons. The first-order valence-corrected chi connectivity index (χ1v) is 7.45. The van der Waals surface area contributed by atoms with Crippen molar-refractivity contribution in [2.75, 3.05) is 11.9 Å². The third-order valence-corrected chi connectivity index (χ3v) is 3.12. The number of para-hydroxylation sites is 1. The minimum atomic E-state index is 0.434. The van der Waals surface area contributed by atoms with E-state index in [9.17, 15) is 0 Å². The summed E-state index contributed by atoms with van der Waals surface area (Å²) in [5.74, 6) is 1.63. The fourth-order valence-electron chi connectivity index (χ4n) is 2.07. The molecule has 0 aliphatic carbocycles. The van der Waals surface area contributed by atoms with E-state index in [0.29, 0.717) is 30.3 Å². The smallest absolute Gasteiger partial charge is 0.320 e. The summed E-state index contributed by atoms with van der Waals surface area (Å²) in [7, 11) is 0. The Morgan fingerprint density at radius 3 is 2.57 bits per heavy atom. The van der Waals surface area contributed by atoms with Gasteiger partial charge in [-0.05, 0) is 30.0 Å². The number of nitrogens with zero attached hydrogens (tertiary/aromatic N) is 2. The summed E-state index contributed by atoms with van der Waals surface area (Å²) in [4.78, 5) is 0. The maximum atomic E-state index is 5.61. The Hall–Kier alpha value is -1.88. The van der Waals surface area contributed by atoms with Crippen molar-refractivity contribution < 1.29 is 4.42 Å². The first-order chi connectivity index (χ1) is 10.1. The standard InChI is InChI=1S/C16H24N4O/c1-11(2)9-17-10-15-19-20-16(21-15)18-14-8-6-5-7-13(14)12(3)4/h5-8,11-12,17H,9-10H2,1-4H3,(H,18,20). The lowest BCUT2D eigenvalue weighted by molar-refractivity contribution is 0.460. The lowest BCUT2D eigenvalue weighted by Crippen LogP contribution is -2.19. The van der Waals surface area contributed by atoms with Crippen molar-refractivity contribution in [1.29, 1.82) is 0 Å². The van der Waals surface area contributed by atoms with Crippen LogP contribution in [0.1, 0.15) is 45.1 Å². The van der Waals surface area contributed by atoms with Gasteiger partial charge in [-0.25, -0.2) is 0 Å². The van der Waals surface area contributed by atoms with Crippen LogP contribution in [-0.4, -0.2) is 16.7 Å². The van der Waals surface area contributed by atoms with E-state index in [0.717, 1.165) is 12.2 Å². The predicted molar refractivity (Wildman–Crippen MR) is 84.7 cm³/mol. The summed E-state index contributed by atoms with van der Waals surface area (Å²) >= 11 is 0. The first-order valence-electron chi connectivity index (χ1n) is 7.45. The van der Waals surface area contributed by atoms with Crippen LogP contribution in [0.15, 0.2) is 28.7 Å². The van der Waals surface area contributed by atoms with Crippen LogP contribution in [0.4, 0.5) is 11.7 Å². The molecule has 5 nitrogen and oxygen atoms in total. The number of hydrogen-bond donors (Lipinski definition) is 2. The zero-order chi connectivity index (χ0) is 15.2. The first kappa shape index (κ1) is 15.5. The number of nitrogens with one attached hydrogen (secondary N) is 2. The molecule has 0 fully saturated rings. The van der Waals surface area contributed by atoms with E-state index in [4.69, 9.17) is 4.42 Å². The minimum absolute atomic E-state index is 0.434. The Morgan fingerprint density at radius 1 is 1.10 bits per heavy atom. The van der Waals surface area contributed by atoms with E-state index in [-0.39, 0.29) is 0 Å². The van der Waals surface area contributed by atoms with Crippen LogP contribution >= 0.6 is 0 Å². The van der Waals surface area contributed by atoms with Crippen molar-refractivity contribution in [2.45, 2.75) is 40.2 Å². The molecule has 0 saturated heterocycles. The fraction of sp³-hybridized carbons (Fsp3) is 0.500. The van der Waals surface area contributed by atoms with E-state index < -0.39 is 0 Å². The van der Waals surface area contributed by atoms with Crippen LogP contribution < -0.4 is 10.6 Å². The van der Waals surface area contributed by atoms with Gasteiger partial charge in [0.15, 0.2) is 0 Å². The molecule has 0 saturated carbocycles. The molecule has 1 aromatic carbocycles. The average molecular weight is 288 g/mol. The summed E-state index contributed by atoms with van der Waals surface area (Å²) < 4.78 is 5.61. The van der Waals surface area contributed by atoms with Crippen molar-refractivity contribution in [1.82, 2.24) is 15.5 Å². The highest BCUT2D eigenvalue weighted by atomic mass is 16.4. The molecule has 2 rings (SSSR count). The number of aromatic nitrogens is 2. The van der Waals surface area contributed by atoms with Crippen LogP contribution in [0.2, 0.25) is 0 Å². The van der Waals surface area contributed by atoms with Crippen molar-refractivity contribution >= 4 is 11.7 Å². The van der Waals surface area contributed by atoms with Crippen LogP contribution in [0.25, 0.3) is 0 Å². The molecule has 1 aromatic heterocycles. The van der Waals surface area contributed by atoms with Gasteiger partial charge in [0.25, 0.3) is 0 Å². The lowest BCUT2D eigenvalue weighted by Gasteiger charge is -2.11. The second kappa shape index (κ2) is 7.22. The minimum Gasteiger partial charge on any atom is -0.406 e. The monoisotopic (exact) mass is 288 g/mol. The molecule has 0 aliphatic heterocycles. The third-order valence-electron chi connectivity index (χ3n) is 3.12. The molecular formula is C16H24N4O. The highest BCUT2D eigenvalue weighted by Gasteiger charge is 2.10. The SMILES string of the molecule is CC(C)CNCc1nnc(Nc2ccccc2C(C)C)o1. The second-order valence-corrected chi connectivity index (χ2v) is 5.89. The summed E-state index contributed by atoms with van der Waals surface area (Å²) in [6.07, 6.45) is 0. The number of anilines is 2. The molecule has 0 bridgehead atoms. The number of rotatable bonds is 7. The molecule has 0 spiro atoms. The van der Waals surface area contributed by atoms with E-state index in [1.54, 1.807) is 0 Å². The van der Waals surface area contributed by atoms with Gasteiger partial charge in [0.05, 0.1) is 6.54 Å². The van der Waals surface area contributed by atoms with Crippen LogP contribution in [0, 0.1) is 5.92 Å². The molecule has 114 valence electrons. The topological polar surface area (TPSA) is 63.0 Å². The Morgan fingerprint density at radius 2 is 1.86 bits per heavy atom. The average Bonchev–Trinajstić information content (AvgIpc) is 2.86. The van der Waals surface area contributed by atoms with Gasteiger partial charge >= 0.3 is 6.01 Å². The molecule has 0 atom stereocenters. The molecule has 0 amide bonds. The van der Waals surface area contributed by atoms with Gasteiger partial charge in [-0.1, -0.05) is 51.0 Å². The normalized spacial score (nSPS) is 11.3. The van der Waals surface area contributed by atoms with Gasteiger partial charge in [0.2, 0.25) is 5.89 Å². The Kier molecular flexibility index (Phi) is 5.33. The molecule has 5 heteroatoms. The summed E-state index contributed by atoms with van der Waals surface area (Å²) in [5.41, 5.74) is 2.24. The molecular weight excluding hydrogens is 264 g/mol. The highest BCUT2D eigenvalue weighted by molar-refractivity contribution is 5.58. The van der Waals surface area contributed by atoms with Crippen molar-refractivity contribution in [3.8, 4) is 0 Å². The second-order valence-electron chi connectivity index (χ2n) is 5.89. The molecule has 0 unspecified atom stereocenters. The van der Waals surface area contributed by atoms with Crippen molar-refractivity contribution in [3.63, 3.8) is 0 Å². The zero-order valence-electron chi connectivity index (χ0n) is 13.2. The maximum Gasteiger partial charge on any atom is 0.320 e. The quantitative estimate of drug-likeness (QED) is 0.813. The van der Waals surface area contributed by atoms with Gasteiger partial charge in [-0.15, -0.1) is 5.10 Å². The van der Waals surface area contributed by atoms with E-state index in [2.05, 4.69) is 54.6 Å². The summed E-state index contributed by atoms with van der Waals surface area (Å²) in [5, 5.41) is 14.6. The third kappa shape index (κ3) is 4.56. The van der Waals surface area contributed by atoms with Crippen LogP contribution in [0.3, 0.4) is 0 Å². The fourth-order valence-corrected chi connectivity index (χ4v) is 2.07. The molecule has 0 aliphatic rings. The van der Waals surface area contributed by atoms with Gasteiger partial charge < -0.3 is 15.1 Å². The molecule has 2 N–H and O–H groups in total. The van der Waals surface area contributed by atoms with E-state index in [1.807, 2.05) is 18.2 Å². The van der Waals surface area contributed by atoms with Gasteiger partial charge in [-0.2, -0.15) is 0 Å². The van der Waals surface area contributed by atoms with Gasteiger partial charge in [0.1, 0.15) is 0 Å². The molecule has 21 heavy (non-hydrogen) atoms. The van der Waals surface area contributed by atoms with E-state index >= 15 is 0 Å². The van der Waals surface area contributed by atoms with E-state index in [1.165, 1.54) is 5.56 Å². The predicted octanol–water partition coefficient (Wildman–Crippen LogP) is 3.68. The number of hydrogen-bond acceptors (Lipinski definition) is 5. The van der Waals surface area contributed by atoms with Crippen molar-refractivity contribution in [3.05, 3.63) is 35.7 Å². The van der Waals surface area contributed by atoms with Crippen LogP contribution in [-0.2, 0) is 6.54 Å². The summed E-state index contributed by atoms with van der Waals surface area (Å²) in [6.45, 7) is 10.2. The van der Waals surface area contributed by atoms with Gasteiger partial charge in [-0.3, -0.25) is 0 Å². The Balaban J connectivity index is 1.99. The Labute approximate surface area is 126 Å². The van der Waals surface area contributed by atoms with Crippen LogP contribution in [0.5, 0.6) is 0 Å². The largest absolute Gasteiger partial charge is 0.406 e. The zero-order valence-corrected chi connectivity index (χ0v) is 13.2. The Bertz CT molecular complexity index is 563. The molecule has 1 heterocycles. The lowest BCUT2D eigenvalue weighted by atomic mass is 10.0. The molecule has 2 aromatic rings. The van der Waals surface area contributed by atoms with Crippen molar-refractivity contribution in [2.24, 2.45) is 5.92 Å². The summed E-state index contributed by atoms with van der Waals surface area (Å²) in [6, 6.07) is 8.60. The number of benzene rings is 1. The highest BCUT2D eigenvalue weighted by Crippen LogP contribution is 2.26. The van der Waals surface area contributed by atoms with Gasteiger partial charge in [0, 0.05) is 5.69 Å². The maximum absolute atomic E-state index is 5.61.